The normalized spacial score (nSPS) is 23.9. The van der Waals surface area contributed by atoms with Gasteiger partial charge in [-0.05, 0) is 37.3 Å². The third kappa shape index (κ3) is 5.81. The molecule has 0 spiro atoms. The van der Waals surface area contributed by atoms with E-state index in [0.717, 1.165) is 12.8 Å². The molecule has 1 amide bonds. The zero-order chi connectivity index (χ0) is 19.3. The standard InChI is InChI=1S/C19H26ClNO4S/c1-11-5-4-6-14(12(11)2)21-19(24)13(3)25-18(23)10-7-15(22)16-8-9-17(20)26-16/h8-9,11-14H,4-7,10H2,1-3H3,(H,21,24)/t11-,12+,13+,14+/m0/s1. The van der Waals surface area contributed by atoms with E-state index in [1.807, 2.05) is 0 Å². The van der Waals surface area contributed by atoms with Crippen molar-refractivity contribution in [3.8, 4) is 0 Å². The molecule has 0 aliphatic heterocycles. The van der Waals surface area contributed by atoms with Crippen molar-refractivity contribution >= 4 is 40.6 Å². The fourth-order valence-electron chi connectivity index (χ4n) is 3.20. The van der Waals surface area contributed by atoms with Gasteiger partial charge in [-0.25, -0.2) is 0 Å². The molecule has 7 heteroatoms. The lowest BCUT2D eigenvalue weighted by molar-refractivity contribution is -0.155. The highest BCUT2D eigenvalue weighted by Crippen LogP contribution is 2.29. The maximum Gasteiger partial charge on any atom is 0.307 e. The van der Waals surface area contributed by atoms with Crippen LogP contribution in [0, 0.1) is 11.8 Å². The Morgan fingerprint density at radius 1 is 1.27 bits per heavy atom. The van der Waals surface area contributed by atoms with Gasteiger partial charge in [0.05, 0.1) is 15.6 Å². The van der Waals surface area contributed by atoms with Crippen molar-refractivity contribution in [1.82, 2.24) is 5.32 Å². The summed E-state index contributed by atoms with van der Waals surface area (Å²) in [5.41, 5.74) is 0. The van der Waals surface area contributed by atoms with Crippen LogP contribution in [-0.2, 0) is 14.3 Å². The molecule has 1 aromatic rings. The lowest BCUT2D eigenvalue weighted by atomic mass is 9.78. The smallest absolute Gasteiger partial charge is 0.307 e. The summed E-state index contributed by atoms with van der Waals surface area (Å²) in [6, 6.07) is 3.41. The van der Waals surface area contributed by atoms with Gasteiger partial charge in [0.15, 0.2) is 11.9 Å². The van der Waals surface area contributed by atoms with Crippen LogP contribution in [0.25, 0.3) is 0 Å². The third-order valence-corrected chi connectivity index (χ3v) is 6.39. The molecule has 1 aliphatic rings. The van der Waals surface area contributed by atoms with Crippen molar-refractivity contribution in [2.75, 3.05) is 0 Å². The number of carbonyl (C=O) groups excluding carboxylic acids is 3. The fourth-order valence-corrected chi connectivity index (χ4v) is 4.21. The molecule has 1 N–H and O–H groups in total. The number of carbonyl (C=O) groups is 3. The summed E-state index contributed by atoms with van der Waals surface area (Å²) in [4.78, 5) is 36.7. The number of hydrogen-bond acceptors (Lipinski definition) is 5. The zero-order valence-electron chi connectivity index (χ0n) is 15.4. The Kier molecular flexibility index (Phi) is 7.65. The number of hydrogen-bond donors (Lipinski definition) is 1. The topological polar surface area (TPSA) is 72.5 Å². The van der Waals surface area contributed by atoms with Gasteiger partial charge in [-0.2, -0.15) is 0 Å². The van der Waals surface area contributed by atoms with Crippen LogP contribution in [0.1, 0.15) is 62.5 Å². The van der Waals surface area contributed by atoms with E-state index in [0.29, 0.717) is 21.0 Å². The summed E-state index contributed by atoms with van der Waals surface area (Å²) < 4.78 is 5.72. The van der Waals surface area contributed by atoms with E-state index < -0.39 is 12.1 Å². The Hall–Kier alpha value is -1.40. The molecule has 0 radical (unpaired) electrons. The number of nitrogens with one attached hydrogen (secondary N) is 1. The number of rotatable bonds is 7. The molecule has 1 saturated carbocycles. The predicted octanol–water partition coefficient (Wildman–Crippen LogP) is 4.24. The van der Waals surface area contributed by atoms with E-state index in [1.165, 1.54) is 17.8 Å². The highest BCUT2D eigenvalue weighted by molar-refractivity contribution is 7.18. The van der Waals surface area contributed by atoms with Gasteiger partial charge in [0, 0.05) is 12.5 Å². The summed E-state index contributed by atoms with van der Waals surface area (Å²) in [5.74, 6) is 0.00451. The van der Waals surface area contributed by atoms with Crippen LogP contribution < -0.4 is 5.32 Å². The number of amides is 1. The SMILES string of the molecule is C[C@@H]1[C@@H](C)CCC[C@H]1NC(=O)[C@@H](C)OC(=O)CCC(=O)c1ccc(Cl)s1. The minimum atomic E-state index is -0.863. The molecule has 0 saturated heterocycles. The van der Waals surface area contributed by atoms with Crippen LogP contribution in [0.4, 0.5) is 0 Å². The van der Waals surface area contributed by atoms with Crippen LogP contribution in [0.3, 0.4) is 0 Å². The number of esters is 1. The average Bonchev–Trinajstić information content (AvgIpc) is 3.03. The molecule has 5 nitrogen and oxygen atoms in total. The third-order valence-electron chi connectivity index (χ3n) is 5.12. The van der Waals surface area contributed by atoms with Gasteiger partial charge in [-0.3, -0.25) is 14.4 Å². The molecule has 1 fully saturated rings. The van der Waals surface area contributed by atoms with Crippen molar-refractivity contribution < 1.29 is 19.1 Å². The first-order valence-corrected chi connectivity index (χ1v) is 10.3. The zero-order valence-corrected chi connectivity index (χ0v) is 17.0. The Bertz CT molecular complexity index is 660. The van der Waals surface area contributed by atoms with E-state index in [2.05, 4.69) is 19.2 Å². The molecule has 1 heterocycles. The Balaban J connectivity index is 1.75. The van der Waals surface area contributed by atoms with Gasteiger partial charge in [0.1, 0.15) is 0 Å². The summed E-state index contributed by atoms with van der Waals surface area (Å²) in [7, 11) is 0. The predicted molar refractivity (Wildman–Crippen MR) is 103 cm³/mol. The van der Waals surface area contributed by atoms with Crippen LogP contribution >= 0.6 is 22.9 Å². The number of thiophene rings is 1. The Labute approximate surface area is 163 Å². The lowest BCUT2D eigenvalue weighted by Crippen LogP contribution is -2.47. The van der Waals surface area contributed by atoms with Crippen LogP contribution in [0.5, 0.6) is 0 Å². The van der Waals surface area contributed by atoms with E-state index in [-0.39, 0.29) is 30.6 Å². The Morgan fingerprint density at radius 3 is 2.65 bits per heavy atom. The number of ketones is 1. The molecule has 1 aromatic heterocycles. The molecule has 144 valence electrons. The molecular weight excluding hydrogens is 374 g/mol. The van der Waals surface area contributed by atoms with E-state index >= 15 is 0 Å². The Morgan fingerprint density at radius 2 is 2.00 bits per heavy atom. The van der Waals surface area contributed by atoms with Gasteiger partial charge in [0.2, 0.25) is 0 Å². The quantitative estimate of drug-likeness (QED) is 0.549. The van der Waals surface area contributed by atoms with Crippen molar-refractivity contribution in [3.63, 3.8) is 0 Å². The van der Waals surface area contributed by atoms with Gasteiger partial charge < -0.3 is 10.1 Å². The van der Waals surface area contributed by atoms with E-state index in [4.69, 9.17) is 16.3 Å². The molecule has 0 unspecified atom stereocenters. The highest BCUT2D eigenvalue weighted by atomic mass is 35.5. The van der Waals surface area contributed by atoms with Crippen molar-refractivity contribution in [2.45, 2.75) is 65.0 Å². The first-order chi connectivity index (χ1) is 12.3. The molecular formula is C19H26ClNO4S. The van der Waals surface area contributed by atoms with E-state index in [1.54, 1.807) is 19.1 Å². The number of halogens is 1. The maximum absolute atomic E-state index is 12.3. The summed E-state index contributed by atoms with van der Waals surface area (Å²) in [6.45, 7) is 5.91. The monoisotopic (exact) mass is 399 g/mol. The largest absolute Gasteiger partial charge is 0.453 e. The van der Waals surface area contributed by atoms with Gasteiger partial charge in [-0.1, -0.05) is 38.3 Å². The summed E-state index contributed by atoms with van der Waals surface area (Å²) >= 11 is 6.99. The second-order valence-corrected chi connectivity index (χ2v) is 8.76. The van der Waals surface area contributed by atoms with Gasteiger partial charge in [-0.15, -0.1) is 11.3 Å². The maximum atomic E-state index is 12.3. The van der Waals surface area contributed by atoms with Crippen LogP contribution in [0.2, 0.25) is 4.34 Å². The number of ether oxygens (including phenoxy) is 1. The summed E-state index contributed by atoms with van der Waals surface area (Å²) in [6.07, 6.45) is 2.36. The fraction of sp³-hybridized carbons (Fsp3) is 0.632. The first kappa shape index (κ1) is 20.9. The molecule has 4 atom stereocenters. The van der Waals surface area contributed by atoms with E-state index in [9.17, 15) is 14.4 Å². The second-order valence-electron chi connectivity index (χ2n) is 7.04. The molecule has 2 rings (SSSR count). The first-order valence-electron chi connectivity index (χ1n) is 9.06. The molecule has 26 heavy (non-hydrogen) atoms. The minimum absolute atomic E-state index is 0.0428. The van der Waals surface area contributed by atoms with Gasteiger partial charge in [0.25, 0.3) is 5.91 Å². The summed E-state index contributed by atoms with van der Waals surface area (Å²) in [5, 5.41) is 3.00. The van der Waals surface area contributed by atoms with Crippen LogP contribution in [-0.4, -0.2) is 29.8 Å². The van der Waals surface area contributed by atoms with Crippen molar-refractivity contribution in [1.29, 1.82) is 0 Å². The average molecular weight is 400 g/mol. The van der Waals surface area contributed by atoms with Crippen molar-refractivity contribution in [3.05, 3.63) is 21.3 Å². The lowest BCUT2D eigenvalue weighted by Gasteiger charge is -2.35. The minimum Gasteiger partial charge on any atom is -0.453 e. The number of Topliss-reactive ketones (excluding diaryl/α,β-unsaturated/α-hetero) is 1. The second kappa shape index (κ2) is 9.51. The van der Waals surface area contributed by atoms with Gasteiger partial charge >= 0.3 is 5.97 Å². The molecule has 0 bridgehead atoms. The highest BCUT2D eigenvalue weighted by Gasteiger charge is 2.30. The van der Waals surface area contributed by atoms with Crippen molar-refractivity contribution in [2.24, 2.45) is 11.8 Å². The molecule has 0 aromatic carbocycles. The molecule has 1 aliphatic carbocycles. The van der Waals surface area contributed by atoms with Crippen LogP contribution in [0.15, 0.2) is 12.1 Å².